The second-order valence-corrected chi connectivity index (χ2v) is 7.98. The van der Waals surface area contributed by atoms with Crippen molar-refractivity contribution in [3.8, 4) is 17.0 Å². The first-order valence-corrected chi connectivity index (χ1v) is 10.4. The van der Waals surface area contributed by atoms with Crippen molar-refractivity contribution >= 4 is 0 Å². The molecule has 0 unspecified atom stereocenters. The number of aromatic nitrogens is 1. The Morgan fingerprint density at radius 3 is 2.26 bits per heavy atom. The maximum Gasteiger partial charge on any atom is 0.416 e. The van der Waals surface area contributed by atoms with Gasteiger partial charge in [0.1, 0.15) is 5.82 Å². The van der Waals surface area contributed by atoms with E-state index in [1.807, 2.05) is 0 Å². The van der Waals surface area contributed by atoms with Gasteiger partial charge in [0.25, 0.3) is 0 Å². The predicted octanol–water partition coefficient (Wildman–Crippen LogP) is 6.71. The van der Waals surface area contributed by atoms with Crippen LogP contribution in [0.3, 0.4) is 0 Å². The molecule has 0 aliphatic carbocycles. The number of hydrogen-bond acceptors (Lipinski definition) is 3. The van der Waals surface area contributed by atoms with Crippen LogP contribution in [0.15, 0.2) is 54.7 Å². The van der Waals surface area contributed by atoms with Crippen molar-refractivity contribution in [2.75, 3.05) is 13.2 Å². The second-order valence-electron chi connectivity index (χ2n) is 7.98. The number of rotatable bonds is 3. The van der Waals surface area contributed by atoms with Gasteiger partial charge in [0.15, 0.2) is 0 Å². The van der Waals surface area contributed by atoms with E-state index in [1.165, 1.54) is 18.3 Å². The van der Waals surface area contributed by atoms with Crippen molar-refractivity contribution in [2.45, 2.75) is 31.9 Å². The van der Waals surface area contributed by atoms with Crippen molar-refractivity contribution in [1.82, 2.24) is 9.88 Å². The first-order chi connectivity index (χ1) is 16.0. The Morgan fingerprint density at radius 1 is 0.912 bits per heavy atom. The Bertz CT molecular complexity index is 1140. The van der Waals surface area contributed by atoms with Crippen molar-refractivity contribution in [3.05, 3.63) is 82.8 Å². The zero-order valence-electron chi connectivity index (χ0n) is 17.7. The fraction of sp³-hybridized carbons (Fsp3) is 0.292. The number of hydrogen-bond donors (Lipinski definition) is 0. The van der Waals surface area contributed by atoms with E-state index < -0.39 is 29.3 Å². The Kier molecular flexibility index (Phi) is 6.53. The van der Waals surface area contributed by atoms with Crippen LogP contribution in [0.1, 0.15) is 28.7 Å². The van der Waals surface area contributed by atoms with Crippen LogP contribution in [-0.4, -0.2) is 23.0 Å². The molecule has 10 heteroatoms. The van der Waals surface area contributed by atoms with E-state index in [0.29, 0.717) is 35.5 Å². The van der Waals surface area contributed by atoms with E-state index in [1.54, 1.807) is 23.1 Å². The minimum Gasteiger partial charge on any atom is -0.477 e. The highest BCUT2D eigenvalue weighted by Gasteiger charge is 2.37. The molecule has 0 atom stereocenters. The van der Waals surface area contributed by atoms with Gasteiger partial charge in [0, 0.05) is 31.4 Å². The largest absolute Gasteiger partial charge is 0.477 e. The van der Waals surface area contributed by atoms with E-state index in [0.717, 1.165) is 12.1 Å². The molecule has 0 N–H and O–H groups in total. The van der Waals surface area contributed by atoms with E-state index in [4.69, 9.17) is 4.74 Å². The number of nitrogens with zero attached hydrogens (tertiary/aromatic N) is 2. The summed E-state index contributed by atoms with van der Waals surface area (Å²) in [7, 11) is 0. The van der Waals surface area contributed by atoms with Gasteiger partial charge in [0.2, 0.25) is 5.88 Å². The highest BCUT2D eigenvalue weighted by Crippen LogP contribution is 2.37. The fourth-order valence-electron chi connectivity index (χ4n) is 3.94. The molecule has 0 saturated heterocycles. The molecule has 2 aromatic carbocycles. The molecule has 0 bridgehead atoms. The van der Waals surface area contributed by atoms with Crippen LogP contribution in [0.4, 0.5) is 30.7 Å². The Hall–Kier alpha value is -3.14. The maximum absolute atomic E-state index is 13.8. The molecule has 1 aliphatic rings. The minimum absolute atomic E-state index is 0.110. The van der Waals surface area contributed by atoms with Gasteiger partial charge in [0.05, 0.1) is 17.7 Å². The van der Waals surface area contributed by atoms with Crippen LogP contribution in [0, 0.1) is 5.82 Å². The van der Waals surface area contributed by atoms with Crippen molar-refractivity contribution in [1.29, 1.82) is 0 Å². The molecule has 34 heavy (non-hydrogen) atoms. The average Bonchev–Trinajstić information content (AvgIpc) is 2.74. The van der Waals surface area contributed by atoms with Gasteiger partial charge >= 0.3 is 12.4 Å². The summed E-state index contributed by atoms with van der Waals surface area (Å²) in [5, 5.41) is 0. The molecule has 0 saturated carbocycles. The molecule has 2 heterocycles. The number of benzene rings is 2. The van der Waals surface area contributed by atoms with E-state index in [2.05, 4.69) is 4.98 Å². The van der Waals surface area contributed by atoms with Crippen molar-refractivity contribution < 1.29 is 35.5 Å². The zero-order chi connectivity index (χ0) is 24.5. The van der Waals surface area contributed by atoms with E-state index in [-0.39, 0.29) is 31.3 Å². The lowest BCUT2D eigenvalue weighted by Crippen LogP contribution is -2.28. The fourth-order valence-corrected chi connectivity index (χ4v) is 3.94. The summed E-state index contributed by atoms with van der Waals surface area (Å²) in [5.41, 5.74) is -1.06. The molecule has 0 amide bonds. The first-order valence-electron chi connectivity index (χ1n) is 10.4. The van der Waals surface area contributed by atoms with Gasteiger partial charge in [-0.05, 0) is 59.5 Å². The van der Waals surface area contributed by atoms with Gasteiger partial charge in [-0.3, -0.25) is 4.90 Å². The van der Waals surface area contributed by atoms with Crippen LogP contribution in [0.25, 0.3) is 11.1 Å². The standard InChI is InChI=1S/C24H19F7N2O/c25-19-4-1-3-16(11-19)20-5-6-32-22-21(20)14-33(7-2-8-34-22)13-15-9-17(23(26,27)28)12-18(10-15)24(29,30)31/h1,3-6,9-12H,2,7-8,13-14H2. The van der Waals surface area contributed by atoms with Gasteiger partial charge < -0.3 is 4.74 Å². The molecule has 4 rings (SSSR count). The summed E-state index contributed by atoms with van der Waals surface area (Å²) >= 11 is 0. The molecule has 0 fully saturated rings. The minimum atomic E-state index is -4.92. The summed E-state index contributed by atoms with van der Waals surface area (Å²) in [6.45, 7) is 0.630. The Labute approximate surface area is 190 Å². The lowest BCUT2D eigenvalue weighted by atomic mass is 9.99. The number of ether oxygens (including phenoxy) is 1. The number of pyridine rings is 1. The van der Waals surface area contributed by atoms with Crippen molar-refractivity contribution in [3.63, 3.8) is 0 Å². The summed E-state index contributed by atoms with van der Waals surface area (Å²) < 4.78 is 99.1. The Morgan fingerprint density at radius 2 is 1.62 bits per heavy atom. The smallest absolute Gasteiger partial charge is 0.416 e. The monoisotopic (exact) mass is 484 g/mol. The molecule has 1 aliphatic heterocycles. The third kappa shape index (κ3) is 5.49. The van der Waals surface area contributed by atoms with Crippen molar-refractivity contribution in [2.24, 2.45) is 0 Å². The lowest BCUT2D eigenvalue weighted by molar-refractivity contribution is -0.143. The molecule has 0 radical (unpaired) electrons. The maximum atomic E-state index is 13.8. The number of alkyl halides is 6. The van der Waals surface area contributed by atoms with Gasteiger partial charge in [-0.25, -0.2) is 9.37 Å². The van der Waals surface area contributed by atoms with Crippen LogP contribution in [0.2, 0.25) is 0 Å². The van der Waals surface area contributed by atoms with Crippen LogP contribution in [-0.2, 0) is 25.4 Å². The highest BCUT2D eigenvalue weighted by molar-refractivity contribution is 5.69. The lowest BCUT2D eigenvalue weighted by Gasteiger charge is -2.28. The normalized spacial score (nSPS) is 15.3. The molecular formula is C24H19F7N2O. The first kappa shape index (κ1) is 24.0. The third-order valence-electron chi connectivity index (χ3n) is 5.44. The molecule has 1 aromatic heterocycles. The second kappa shape index (κ2) is 9.25. The molecular weight excluding hydrogens is 465 g/mol. The van der Waals surface area contributed by atoms with Gasteiger partial charge in [-0.1, -0.05) is 12.1 Å². The van der Waals surface area contributed by atoms with Crippen LogP contribution in [0.5, 0.6) is 5.88 Å². The zero-order valence-corrected chi connectivity index (χ0v) is 17.7. The van der Waals surface area contributed by atoms with Gasteiger partial charge in [-0.15, -0.1) is 0 Å². The predicted molar refractivity (Wildman–Crippen MR) is 110 cm³/mol. The third-order valence-corrected chi connectivity index (χ3v) is 5.44. The summed E-state index contributed by atoms with van der Waals surface area (Å²) in [6.07, 6.45) is -7.83. The van der Waals surface area contributed by atoms with Crippen LogP contribution < -0.4 is 4.74 Å². The molecule has 180 valence electrons. The van der Waals surface area contributed by atoms with Crippen LogP contribution >= 0.6 is 0 Å². The highest BCUT2D eigenvalue weighted by atomic mass is 19.4. The quantitative estimate of drug-likeness (QED) is 0.387. The SMILES string of the molecule is Fc1cccc(-c2ccnc3c2CN(Cc2cc(C(F)(F)F)cc(C(F)(F)F)c2)CCCO3)c1. The summed E-state index contributed by atoms with van der Waals surface area (Å²) in [6, 6.07) is 9.13. The van der Waals surface area contributed by atoms with E-state index in [9.17, 15) is 30.7 Å². The number of fused-ring (bicyclic) bond motifs is 1. The molecule has 0 spiro atoms. The molecule has 3 nitrogen and oxygen atoms in total. The summed E-state index contributed by atoms with van der Waals surface area (Å²) in [4.78, 5) is 5.96. The van der Waals surface area contributed by atoms with Gasteiger partial charge in [-0.2, -0.15) is 26.3 Å². The van der Waals surface area contributed by atoms with E-state index >= 15 is 0 Å². The average molecular weight is 484 g/mol. The Balaban J connectivity index is 1.71. The molecule has 3 aromatic rings. The summed E-state index contributed by atoms with van der Waals surface area (Å²) in [5.74, 6) is -0.151. The number of halogens is 7. The topological polar surface area (TPSA) is 25.4 Å².